The minimum absolute atomic E-state index is 0.0145. The maximum absolute atomic E-state index is 14.5. The zero-order valence-corrected chi connectivity index (χ0v) is 25.3. The molecule has 0 aromatic heterocycles. The minimum atomic E-state index is -0.423. The van der Waals surface area contributed by atoms with Crippen LogP contribution in [0.15, 0.2) is 0 Å². The molecule has 1 amide bonds. The molecule has 0 radical (unpaired) electrons. The predicted molar refractivity (Wildman–Crippen MR) is 149 cm³/mol. The second kappa shape index (κ2) is 9.01. The molecule has 5 rings (SSSR count). The maximum atomic E-state index is 14.5. The topological polar surface area (TPSA) is 89.9 Å². The molecule has 5 aliphatic carbocycles. The Balaban J connectivity index is 1.48. The van der Waals surface area contributed by atoms with Gasteiger partial charge < -0.3 is 20.4 Å². The molecule has 38 heavy (non-hydrogen) atoms. The number of nitrogens with zero attached hydrogens (tertiary/aromatic N) is 1. The smallest absolute Gasteiger partial charge is 0.223 e. The number of rotatable bonds is 7. The van der Waals surface area contributed by atoms with Crippen molar-refractivity contribution < 1.29 is 19.8 Å². The number of carbonyl (C=O) groups excluding carboxylic acids is 2. The number of aliphatic hydroxyl groups excluding tert-OH is 2. The van der Waals surface area contributed by atoms with Gasteiger partial charge in [-0.3, -0.25) is 9.59 Å². The highest BCUT2D eigenvalue weighted by Gasteiger charge is 2.86. The van der Waals surface area contributed by atoms with Crippen LogP contribution >= 0.6 is 0 Å². The van der Waals surface area contributed by atoms with Gasteiger partial charge in [0.25, 0.3) is 0 Å². The SMILES string of the molecule is CCC(CC)C(=O)N[C@H]1CC[C@]23C[C@]24C(=O)C[C@]2(C)[C@@H]([C@H](C)N(C)C)[C@H](O)C[C@@]2(C)[C@@H]4CC[C@H]3[C@]1(C)CO. The third-order valence-electron chi connectivity index (χ3n) is 14.1. The van der Waals surface area contributed by atoms with Crippen LogP contribution in [-0.2, 0) is 9.59 Å². The van der Waals surface area contributed by atoms with E-state index in [1.807, 2.05) is 0 Å². The molecule has 0 aromatic rings. The molecule has 11 atom stereocenters. The lowest BCUT2D eigenvalue weighted by Gasteiger charge is -2.63. The summed E-state index contributed by atoms with van der Waals surface area (Å²) in [7, 11) is 4.17. The number of Topliss-reactive ketones (excluding diaryl/α,β-unsaturated/α-hetero) is 1. The molecule has 5 aliphatic rings. The Morgan fingerprint density at radius 3 is 2.29 bits per heavy atom. The molecular weight excluding hydrogens is 476 g/mol. The molecule has 6 nitrogen and oxygen atoms in total. The highest BCUT2D eigenvalue weighted by Crippen LogP contribution is 2.87. The van der Waals surface area contributed by atoms with Crippen LogP contribution in [0.5, 0.6) is 0 Å². The van der Waals surface area contributed by atoms with E-state index >= 15 is 0 Å². The van der Waals surface area contributed by atoms with Gasteiger partial charge in [0.05, 0.1) is 12.7 Å². The molecule has 6 heteroatoms. The zero-order valence-electron chi connectivity index (χ0n) is 25.3. The molecule has 5 fully saturated rings. The van der Waals surface area contributed by atoms with Gasteiger partial charge in [0.15, 0.2) is 0 Å². The lowest BCUT2D eigenvalue weighted by Crippen LogP contribution is -2.64. The number of hydrogen-bond donors (Lipinski definition) is 3. The van der Waals surface area contributed by atoms with Crippen LogP contribution < -0.4 is 5.32 Å². The number of nitrogens with one attached hydrogen (secondary N) is 1. The summed E-state index contributed by atoms with van der Waals surface area (Å²) < 4.78 is 0. The van der Waals surface area contributed by atoms with Gasteiger partial charge in [-0.05, 0) is 100 Å². The summed E-state index contributed by atoms with van der Waals surface area (Å²) in [4.78, 5) is 29.8. The van der Waals surface area contributed by atoms with E-state index in [0.717, 1.165) is 51.4 Å². The largest absolute Gasteiger partial charge is 0.396 e. The van der Waals surface area contributed by atoms with Crippen molar-refractivity contribution in [3.63, 3.8) is 0 Å². The minimum Gasteiger partial charge on any atom is -0.396 e. The molecule has 3 N–H and O–H groups in total. The van der Waals surface area contributed by atoms with E-state index in [2.05, 4.69) is 65.9 Å². The first-order valence-electron chi connectivity index (χ1n) is 15.5. The van der Waals surface area contributed by atoms with E-state index in [4.69, 9.17) is 0 Å². The van der Waals surface area contributed by atoms with Crippen molar-refractivity contribution in [2.24, 2.45) is 50.7 Å². The summed E-state index contributed by atoms with van der Waals surface area (Å²) in [5, 5.41) is 25.7. The van der Waals surface area contributed by atoms with Gasteiger partial charge in [-0.2, -0.15) is 0 Å². The van der Waals surface area contributed by atoms with Gasteiger partial charge in [0, 0.05) is 41.2 Å². The molecule has 0 bridgehead atoms. The molecule has 0 saturated heterocycles. The van der Waals surface area contributed by atoms with Crippen LogP contribution in [0.3, 0.4) is 0 Å². The van der Waals surface area contributed by atoms with E-state index < -0.39 is 11.5 Å². The molecule has 0 aromatic carbocycles. The Bertz CT molecular complexity index is 981. The highest BCUT2D eigenvalue weighted by atomic mass is 16.3. The van der Waals surface area contributed by atoms with Crippen molar-refractivity contribution in [2.45, 2.75) is 118 Å². The fourth-order valence-electron chi connectivity index (χ4n) is 11.6. The second-order valence-electron chi connectivity index (χ2n) is 15.2. The van der Waals surface area contributed by atoms with Crippen molar-refractivity contribution in [2.75, 3.05) is 20.7 Å². The van der Waals surface area contributed by atoms with Crippen molar-refractivity contribution in [3.05, 3.63) is 0 Å². The van der Waals surface area contributed by atoms with Crippen molar-refractivity contribution in [3.8, 4) is 0 Å². The van der Waals surface area contributed by atoms with E-state index in [1.165, 1.54) is 0 Å². The fourth-order valence-corrected chi connectivity index (χ4v) is 11.6. The van der Waals surface area contributed by atoms with E-state index in [1.54, 1.807) is 0 Å². The first kappa shape index (κ1) is 28.5. The summed E-state index contributed by atoms with van der Waals surface area (Å²) in [6.07, 6.45) is 7.28. The standard InChI is InChI=1S/C32H54N2O4/c1-9-20(10-2)27(38)33-24-13-14-31-17-32(31)23(12-11-22(31)28(24,4)18-35)29(5)15-21(36)26(19(3)34(7)8)30(29,6)16-25(32)37/h19-24,26,35-36H,9-18H2,1-8H3,(H,33,38)/t19-,21+,22-,23-,24-,26-,28-,29-,30+,31+,32-/m0/s1. The summed E-state index contributed by atoms with van der Waals surface area (Å²) in [5.74, 6) is 1.16. The Morgan fingerprint density at radius 1 is 1.08 bits per heavy atom. The van der Waals surface area contributed by atoms with Crippen LogP contribution in [0.1, 0.15) is 99.3 Å². The second-order valence-corrected chi connectivity index (χ2v) is 15.2. The first-order valence-corrected chi connectivity index (χ1v) is 15.5. The first-order chi connectivity index (χ1) is 17.7. The number of carbonyl (C=O) groups is 2. The fraction of sp³-hybridized carbons (Fsp3) is 0.938. The van der Waals surface area contributed by atoms with Crippen molar-refractivity contribution in [1.29, 1.82) is 0 Å². The number of fused-ring (bicyclic) bond motifs is 2. The summed E-state index contributed by atoms with van der Waals surface area (Å²) in [6.45, 7) is 13.3. The van der Waals surface area contributed by atoms with Crippen LogP contribution in [0.25, 0.3) is 0 Å². The van der Waals surface area contributed by atoms with Crippen LogP contribution in [0, 0.1) is 50.7 Å². The molecular formula is C32H54N2O4. The van der Waals surface area contributed by atoms with E-state index in [-0.39, 0.29) is 69.9 Å². The molecule has 2 spiro atoms. The number of hydrogen-bond acceptors (Lipinski definition) is 5. The highest BCUT2D eigenvalue weighted by molar-refractivity contribution is 5.92. The van der Waals surface area contributed by atoms with Crippen molar-refractivity contribution in [1.82, 2.24) is 10.2 Å². The third-order valence-corrected chi connectivity index (χ3v) is 14.1. The van der Waals surface area contributed by atoms with Gasteiger partial charge in [-0.15, -0.1) is 0 Å². The number of ketones is 1. The van der Waals surface area contributed by atoms with E-state index in [9.17, 15) is 19.8 Å². The van der Waals surface area contributed by atoms with Gasteiger partial charge in [0.1, 0.15) is 5.78 Å². The average molecular weight is 531 g/mol. The van der Waals surface area contributed by atoms with Crippen molar-refractivity contribution >= 4 is 11.7 Å². The van der Waals surface area contributed by atoms with Gasteiger partial charge in [-0.25, -0.2) is 0 Å². The lowest BCUT2D eigenvalue weighted by atomic mass is 9.41. The average Bonchev–Trinajstić information content (AvgIpc) is 3.50. The molecule has 5 saturated carbocycles. The third kappa shape index (κ3) is 3.29. The van der Waals surface area contributed by atoms with Crippen LogP contribution in [0.2, 0.25) is 0 Å². The number of amides is 1. The monoisotopic (exact) mass is 530 g/mol. The van der Waals surface area contributed by atoms with E-state index in [0.29, 0.717) is 12.2 Å². The zero-order chi connectivity index (χ0) is 28.1. The van der Waals surface area contributed by atoms with Gasteiger partial charge >= 0.3 is 0 Å². The normalized spacial score (nSPS) is 50.2. The summed E-state index contributed by atoms with van der Waals surface area (Å²) in [6, 6.07) is 0.151. The molecule has 0 heterocycles. The Kier molecular flexibility index (Phi) is 6.77. The molecule has 216 valence electrons. The van der Waals surface area contributed by atoms with Gasteiger partial charge in [-0.1, -0.05) is 34.6 Å². The van der Waals surface area contributed by atoms with Crippen LogP contribution in [-0.4, -0.2) is 65.7 Å². The molecule has 0 aliphatic heterocycles. The Morgan fingerprint density at radius 2 is 1.71 bits per heavy atom. The Labute approximate surface area is 230 Å². The van der Waals surface area contributed by atoms with Gasteiger partial charge in [0.2, 0.25) is 5.91 Å². The Hall–Kier alpha value is -0.980. The quantitative estimate of drug-likeness (QED) is 0.453. The number of aliphatic hydroxyl groups is 2. The lowest BCUT2D eigenvalue weighted by molar-refractivity contribution is -0.173. The molecule has 0 unspecified atom stereocenters. The predicted octanol–water partition coefficient (Wildman–Crippen LogP) is 4.42. The van der Waals surface area contributed by atoms with Crippen LogP contribution in [0.4, 0.5) is 0 Å². The summed E-state index contributed by atoms with van der Waals surface area (Å²) >= 11 is 0. The maximum Gasteiger partial charge on any atom is 0.223 e. The summed E-state index contributed by atoms with van der Waals surface area (Å²) in [5.41, 5.74) is -1.12.